The van der Waals surface area contributed by atoms with Gasteiger partial charge in [0, 0.05) is 19.3 Å². The Hall–Kier alpha value is -2.19. The Morgan fingerprint density at radius 1 is 0.453 bits per heavy atom. The summed E-state index contributed by atoms with van der Waals surface area (Å²) < 4.78 is 17.4. The molecule has 0 aliphatic rings. The third-order valence-corrected chi connectivity index (χ3v) is 12.6. The maximum Gasteiger partial charge on any atom is 0.362 e. The molecule has 0 rings (SSSR count). The second-order valence-electron chi connectivity index (χ2n) is 19.8. The van der Waals surface area contributed by atoms with Crippen LogP contribution in [0.3, 0.4) is 0 Å². The first-order chi connectivity index (χ1) is 31.1. The van der Waals surface area contributed by atoms with Crippen LogP contribution in [0.5, 0.6) is 0 Å². The molecule has 2 atom stereocenters. The number of unbranched alkanes of at least 4 members (excludes halogenated alkanes) is 32. The summed E-state index contributed by atoms with van der Waals surface area (Å²) in [4.78, 5) is 37.2. The largest absolute Gasteiger partial charge is 0.477 e. The van der Waals surface area contributed by atoms with E-state index in [4.69, 9.17) is 14.2 Å². The number of carbonyl (C=O) groups excluding carboxylic acids is 2. The lowest BCUT2D eigenvalue weighted by Gasteiger charge is -2.31. The molecular formula is C56H106NO7+. The van der Waals surface area contributed by atoms with Crippen molar-refractivity contribution in [3.8, 4) is 0 Å². The number of carboxylic acids is 1. The van der Waals surface area contributed by atoms with E-state index < -0.39 is 18.1 Å². The van der Waals surface area contributed by atoms with Gasteiger partial charge >= 0.3 is 17.9 Å². The number of ether oxygens (including phenoxy) is 3. The molecule has 376 valence electrons. The van der Waals surface area contributed by atoms with Crippen LogP contribution in [0, 0.1) is 0 Å². The predicted molar refractivity (Wildman–Crippen MR) is 271 cm³/mol. The van der Waals surface area contributed by atoms with E-state index in [1.54, 1.807) is 0 Å². The molecule has 2 unspecified atom stereocenters. The Labute approximate surface area is 396 Å². The Morgan fingerprint density at radius 2 is 0.781 bits per heavy atom. The second kappa shape index (κ2) is 47.3. The lowest BCUT2D eigenvalue weighted by Crippen LogP contribution is -2.50. The van der Waals surface area contributed by atoms with Gasteiger partial charge in [-0.05, 0) is 64.2 Å². The Morgan fingerprint density at radius 3 is 1.12 bits per heavy atom. The summed E-state index contributed by atoms with van der Waals surface area (Å²) >= 11 is 0. The number of quaternary nitrogens is 1. The van der Waals surface area contributed by atoms with Crippen LogP contribution < -0.4 is 0 Å². The summed E-state index contributed by atoms with van der Waals surface area (Å²) in [6.45, 7) is 4.77. The van der Waals surface area contributed by atoms with Crippen molar-refractivity contribution in [2.24, 2.45) is 0 Å². The molecule has 0 aromatic carbocycles. The van der Waals surface area contributed by atoms with Crippen LogP contribution in [0.1, 0.15) is 264 Å². The lowest BCUT2D eigenvalue weighted by molar-refractivity contribution is -0.887. The van der Waals surface area contributed by atoms with Crippen LogP contribution in [-0.2, 0) is 28.6 Å². The Bertz CT molecular complexity index is 1100. The third kappa shape index (κ3) is 45.0. The van der Waals surface area contributed by atoms with E-state index in [2.05, 4.69) is 38.2 Å². The van der Waals surface area contributed by atoms with E-state index in [-0.39, 0.29) is 36.2 Å². The molecular weight excluding hydrogens is 799 g/mol. The summed E-state index contributed by atoms with van der Waals surface area (Å²) in [6, 6.07) is -0.615. The number of likely N-dealkylation sites (N-methyl/N-ethyl adjacent to an activating group) is 1. The molecule has 0 aromatic heterocycles. The summed E-state index contributed by atoms with van der Waals surface area (Å²) in [5.41, 5.74) is 0. The highest BCUT2D eigenvalue weighted by Crippen LogP contribution is 2.16. The fourth-order valence-electron chi connectivity index (χ4n) is 8.32. The van der Waals surface area contributed by atoms with E-state index in [0.29, 0.717) is 19.3 Å². The molecule has 1 N–H and O–H groups in total. The minimum absolute atomic E-state index is 0.0512. The van der Waals surface area contributed by atoms with Crippen molar-refractivity contribution in [1.29, 1.82) is 0 Å². The first-order valence-corrected chi connectivity index (χ1v) is 27.4. The molecule has 0 aliphatic carbocycles. The fourth-order valence-corrected chi connectivity index (χ4v) is 8.32. The number of carbonyl (C=O) groups is 3. The summed E-state index contributed by atoms with van der Waals surface area (Å²) in [5, 5.41) is 9.66. The van der Waals surface area contributed by atoms with Gasteiger partial charge in [-0.2, -0.15) is 0 Å². The molecule has 0 heterocycles. The van der Waals surface area contributed by atoms with Crippen LogP contribution in [0.2, 0.25) is 0 Å². The summed E-state index contributed by atoms with van der Waals surface area (Å²) in [5.74, 6) is -1.46. The average Bonchev–Trinajstić information content (AvgIpc) is 3.26. The molecule has 0 aliphatic heterocycles. The van der Waals surface area contributed by atoms with Gasteiger partial charge in [0.1, 0.15) is 6.61 Å². The number of aliphatic carboxylic acids is 1. The second-order valence-corrected chi connectivity index (χ2v) is 19.8. The standard InChI is InChI=1S/C56H105NO7/c1-6-8-10-12-14-16-18-20-22-24-26-28-30-32-34-36-38-40-42-44-46-54(58)63-51-52(50-62-49-48-53(56(60)61)57(3,4)5)64-55(59)47-45-43-41-39-37-35-33-31-29-27-25-23-21-19-17-15-13-11-9-7-2/h26-29,52-53H,6-25,30-51H2,1-5H3/p+1/b28-26+,29-27+. The van der Waals surface area contributed by atoms with E-state index in [0.717, 1.165) is 38.5 Å². The van der Waals surface area contributed by atoms with Crippen molar-refractivity contribution in [3.05, 3.63) is 24.3 Å². The van der Waals surface area contributed by atoms with Gasteiger partial charge in [0.15, 0.2) is 12.1 Å². The molecule has 0 spiro atoms. The average molecular weight is 905 g/mol. The lowest BCUT2D eigenvalue weighted by atomic mass is 10.1. The van der Waals surface area contributed by atoms with Crippen molar-refractivity contribution in [2.45, 2.75) is 276 Å². The van der Waals surface area contributed by atoms with Crippen LogP contribution in [0.15, 0.2) is 24.3 Å². The summed E-state index contributed by atoms with van der Waals surface area (Å²) in [7, 11) is 5.54. The van der Waals surface area contributed by atoms with Gasteiger partial charge in [0.2, 0.25) is 0 Å². The maximum absolute atomic E-state index is 12.8. The molecule has 0 saturated carbocycles. The highest BCUT2D eigenvalue weighted by molar-refractivity contribution is 5.72. The van der Waals surface area contributed by atoms with Crippen molar-refractivity contribution < 1.29 is 38.2 Å². The monoisotopic (exact) mass is 905 g/mol. The maximum atomic E-state index is 12.8. The quantitative estimate of drug-likeness (QED) is 0.0281. The van der Waals surface area contributed by atoms with Gasteiger partial charge in [-0.1, -0.05) is 205 Å². The van der Waals surface area contributed by atoms with Gasteiger partial charge in [-0.15, -0.1) is 0 Å². The molecule has 0 fully saturated rings. The van der Waals surface area contributed by atoms with E-state index >= 15 is 0 Å². The molecule has 0 radical (unpaired) electrons. The van der Waals surface area contributed by atoms with Crippen molar-refractivity contribution in [2.75, 3.05) is 41.0 Å². The van der Waals surface area contributed by atoms with Crippen LogP contribution in [-0.4, -0.2) is 80.6 Å². The highest BCUT2D eigenvalue weighted by atomic mass is 16.6. The fraction of sp³-hybridized carbons (Fsp3) is 0.875. The number of rotatable bonds is 50. The van der Waals surface area contributed by atoms with E-state index in [1.807, 2.05) is 21.1 Å². The molecule has 0 amide bonds. The number of hydrogen-bond acceptors (Lipinski definition) is 6. The van der Waals surface area contributed by atoms with Crippen molar-refractivity contribution >= 4 is 17.9 Å². The first kappa shape index (κ1) is 61.8. The number of esters is 2. The van der Waals surface area contributed by atoms with Gasteiger partial charge in [-0.3, -0.25) is 9.59 Å². The number of nitrogens with zero attached hydrogens (tertiary/aromatic N) is 1. The van der Waals surface area contributed by atoms with Crippen molar-refractivity contribution in [3.63, 3.8) is 0 Å². The Balaban J connectivity index is 4.20. The number of hydrogen-bond donors (Lipinski definition) is 1. The molecule has 64 heavy (non-hydrogen) atoms. The minimum atomic E-state index is -0.873. The summed E-state index contributed by atoms with van der Waals surface area (Å²) in [6.07, 6.45) is 55.2. The number of carboxylic acid groups (broad SMARTS) is 1. The highest BCUT2D eigenvalue weighted by Gasteiger charge is 2.31. The third-order valence-electron chi connectivity index (χ3n) is 12.6. The molecule has 8 heteroatoms. The molecule has 0 aromatic rings. The van der Waals surface area contributed by atoms with Gasteiger partial charge in [0.05, 0.1) is 34.4 Å². The first-order valence-electron chi connectivity index (χ1n) is 27.4. The minimum Gasteiger partial charge on any atom is -0.477 e. The normalized spacial score (nSPS) is 13.0. The van der Waals surface area contributed by atoms with Crippen LogP contribution >= 0.6 is 0 Å². The predicted octanol–water partition coefficient (Wildman–Crippen LogP) is 16.0. The van der Waals surface area contributed by atoms with Gasteiger partial charge < -0.3 is 23.8 Å². The SMILES string of the molecule is CCCCCCCCCCC/C=C/CCCCCCCCCC(=O)OCC(COCCC(C(=O)O)[N+](C)(C)C)OC(=O)CCCCCCCCC/C=C/CCCCCCCCCCC. The zero-order chi connectivity index (χ0) is 47.0. The Kier molecular flexibility index (Phi) is 45.7. The van der Waals surface area contributed by atoms with Crippen molar-refractivity contribution in [1.82, 2.24) is 0 Å². The van der Waals surface area contributed by atoms with Gasteiger partial charge in [-0.25, -0.2) is 4.79 Å². The van der Waals surface area contributed by atoms with Gasteiger partial charge in [0.25, 0.3) is 0 Å². The van der Waals surface area contributed by atoms with E-state index in [1.165, 1.54) is 193 Å². The number of allylic oxidation sites excluding steroid dienone is 4. The molecule has 0 saturated heterocycles. The smallest absolute Gasteiger partial charge is 0.362 e. The zero-order valence-corrected chi connectivity index (χ0v) is 43.0. The molecule has 0 bridgehead atoms. The van der Waals surface area contributed by atoms with Crippen LogP contribution in [0.4, 0.5) is 0 Å². The van der Waals surface area contributed by atoms with Crippen LogP contribution in [0.25, 0.3) is 0 Å². The van der Waals surface area contributed by atoms with E-state index in [9.17, 15) is 19.5 Å². The zero-order valence-electron chi connectivity index (χ0n) is 43.0. The molecule has 8 nitrogen and oxygen atoms in total. The topological polar surface area (TPSA) is 99.1 Å².